The van der Waals surface area contributed by atoms with E-state index in [2.05, 4.69) is 11.0 Å². The Balaban J connectivity index is 3.93. The van der Waals surface area contributed by atoms with Crippen LogP contribution in [0.2, 0.25) is 0 Å². The van der Waals surface area contributed by atoms with Crippen LogP contribution in [-0.4, -0.2) is 56.5 Å². The smallest absolute Gasteiger partial charge is 0.101 e. The second-order valence-corrected chi connectivity index (χ2v) is 4.87. The molecule has 1 atom stereocenters. The van der Waals surface area contributed by atoms with Crippen molar-refractivity contribution in [3.05, 3.63) is 0 Å². The van der Waals surface area contributed by atoms with Crippen molar-refractivity contribution in [2.24, 2.45) is 5.73 Å². The zero-order valence-electron chi connectivity index (χ0n) is 12.7. The highest BCUT2D eigenvalue weighted by atomic mass is 16.5. The Kier molecular flexibility index (Phi) is 10.8. The molecule has 0 saturated carbocycles. The minimum atomic E-state index is -0.717. The number of hydrogen-bond donors (Lipinski definition) is 1. The Morgan fingerprint density at radius 1 is 1.11 bits per heavy atom. The quantitative estimate of drug-likeness (QED) is 0.543. The van der Waals surface area contributed by atoms with Gasteiger partial charge in [-0.3, -0.25) is 4.90 Å². The molecule has 0 aromatic rings. The SMILES string of the molecule is CCOCCN(CCCC(C)(N)C#N)CCOCC. The summed E-state index contributed by atoms with van der Waals surface area (Å²) in [5.41, 5.74) is 5.10. The molecule has 5 nitrogen and oxygen atoms in total. The van der Waals surface area contributed by atoms with Crippen LogP contribution in [-0.2, 0) is 9.47 Å². The van der Waals surface area contributed by atoms with Gasteiger partial charge >= 0.3 is 0 Å². The number of nitrogens with zero attached hydrogens (tertiary/aromatic N) is 2. The van der Waals surface area contributed by atoms with Gasteiger partial charge < -0.3 is 15.2 Å². The van der Waals surface area contributed by atoms with Crippen LogP contribution < -0.4 is 5.73 Å². The molecule has 0 saturated heterocycles. The number of ether oxygens (including phenoxy) is 2. The monoisotopic (exact) mass is 271 g/mol. The molecule has 2 N–H and O–H groups in total. The van der Waals surface area contributed by atoms with E-state index >= 15 is 0 Å². The molecular formula is C14H29N3O2. The van der Waals surface area contributed by atoms with E-state index < -0.39 is 5.54 Å². The van der Waals surface area contributed by atoms with Crippen LogP contribution in [0.25, 0.3) is 0 Å². The Morgan fingerprint density at radius 2 is 1.63 bits per heavy atom. The van der Waals surface area contributed by atoms with E-state index in [1.807, 2.05) is 13.8 Å². The van der Waals surface area contributed by atoms with Crippen molar-refractivity contribution in [1.82, 2.24) is 4.90 Å². The lowest BCUT2D eigenvalue weighted by Gasteiger charge is -2.23. The maximum atomic E-state index is 8.88. The normalized spacial score (nSPS) is 14.3. The molecule has 112 valence electrons. The molecule has 0 bridgehead atoms. The summed E-state index contributed by atoms with van der Waals surface area (Å²) in [7, 11) is 0. The van der Waals surface area contributed by atoms with Gasteiger partial charge in [-0.25, -0.2) is 0 Å². The van der Waals surface area contributed by atoms with Crippen molar-refractivity contribution in [1.29, 1.82) is 5.26 Å². The van der Waals surface area contributed by atoms with Crippen LogP contribution in [0.4, 0.5) is 0 Å². The molecule has 0 rings (SSSR count). The van der Waals surface area contributed by atoms with Gasteiger partial charge in [0.25, 0.3) is 0 Å². The van der Waals surface area contributed by atoms with Crippen molar-refractivity contribution < 1.29 is 9.47 Å². The minimum absolute atomic E-state index is 0.712. The highest BCUT2D eigenvalue weighted by molar-refractivity contribution is 5.00. The zero-order valence-corrected chi connectivity index (χ0v) is 12.7. The first-order valence-corrected chi connectivity index (χ1v) is 7.13. The van der Waals surface area contributed by atoms with Crippen LogP contribution in [0.15, 0.2) is 0 Å². The summed E-state index contributed by atoms with van der Waals surface area (Å²) in [5.74, 6) is 0. The Bertz CT molecular complexity index is 242. The van der Waals surface area contributed by atoms with Gasteiger partial charge in [0.1, 0.15) is 5.54 Å². The van der Waals surface area contributed by atoms with Crippen molar-refractivity contribution in [2.45, 2.75) is 39.2 Å². The van der Waals surface area contributed by atoms with Crippen molar-refractivity contribution >= 4 is 0 Å². The largest absolute Gasteiger partial charge is 0.380 e. The van der Waals surface area contributed by atoms with E-state index in [9.17, 15) is 0 Å². The Labute approximate surface area is 117 Å². The van der Waals surface area contributed by atoms with Gasteiger partial charge in [0, 0.05) is 26.3 Å². The lowest BCUT2D eigenvalue weighted by Crippen LogP contribution is -2.37. The van der Waals surface area contributed by atoms with E-state index in [-0.39, 0.29) is 0 Å². The average Bonchev–Trinajstić information content (AvgIpc) is 2.38. The van der Waals surface area contributed by atoms with Gasteiger partial charge in [-0.15, -0.1) is 0 Å². The molecule has 0 aliphatic rings. The molecule has 0 aliphatic heterocycles. The van der Waals surface area contributed by atoms with Gasteiger partial charge in [-0.1, -0.05) is 0 Å². The van der Waals surface area contributed by atoms with E-state index in [0.29, 0.717) is 6.42 Å². The van der Waals surface area contributed by atoms with Crippen LogP contribution in [0, 0.1) is 11.3 Å². The van der Waals surface area contributed by atoms with E-state index in [1.54, 1.807) is 6.92 Å². The summed E-state index contributed by atoms with van der Waals surface area (Å²) in [6.07, 6.45) is 1.63. The fraction of sp³-hybridized carbons (Fsp3) is 0.929. The van der Waals surface area contributed by atoms with E-state index in [0.717, 1.165) is 52.5 Å². The molecular weight excluding hydrogens is 242 g/mol. The van der Waals surface area contributed by atoms with Gasteiger partial charge in [0.2, 0.25) is 0 Å². The van der Waals surface area contributed by atoms with Crippen molar-refractivity contribution in [3.8, 4) is 6.07 Å². The molecule has 0 amide bonds. The predicted molar refractivity (Wildman–Crippen MR) is 76.9 cm³/mol. The first kappa shape index (κ1) is 18.3. The summed E-state index contributed by atoms with van der Waals surface area (Å²) in [6.45, 7) is 11.5. The number of rotatable bonds is 12. The second-order valence-electron chi connectivity index (χ2n) is 4.87. The molecule has 19 heavy (non-hydrogen) atoms. The van der Waals surface area contributed by atoms with E-state index in [1.165, 1.54) is 0 Å². The summed E-state index contributed by atoms with van der Waals surface area (Å²) in [6, 6.07) is 2.13. The fourth-order valence-electron chi connectivity index (χ4n) is 1.74. The summed E-state index contributed by atoms with van der Waals surface area (Å²) >= 11 is 0. The van der Waals surface area contributed by atoms with Gasteiger partial charge in [-0.2, -0.15) is 5.26 Å². The molecule has 0 radical (unpaired) electrons. The van der Waals surface area contributed by atoms with E-state index in [4.69, 9.17) is 20.5 Å². The average molecular weight is 271 g/mol. The molecule has 0 spiro atoms. The second kappa shape index (κ2) is 11.2. The topological polar surface area (TPSA) is 71.5 Å². The summed E-state index contributed by atoms with van der Waals surface area (Å²) in [5, 5.41) is 8.88. The lowest BCUT2D eigenvalue weighted by molar-refractivity contribution is 0.0817. The zero-order chi connectivity index (χ0) is 14.6. The summed E-state index contributed by atoms with van der Waals surface area (Å²) < 4.78 is 10.8. The minimum Gasteiger partial charge on any atom is -0.380 e. The highest BCUT2D eigenvalue weighted by Gasteiger charge is 2.17. The van der Waals surface area contributed by atoms with Crippen LogP contribution in [0.3, 0.4) is 0 Å². The first-order valence-electron chi connectivity index (χ1n) is 7.13. The van der Waals surface area contributed by atoms with Crippen LogP contribution >= 0.6 is 0 Å². The Morgan fingerprint density at radius 3 is 2.05 bits per heavy atom. The highest BCUT2D eigenvalue weighted by Crippen LogP contribution is 2.08. The predicted octanol–water partition coefficient (Wildman–Crippen LogP) is 1.38. The standard InChI is InChI=1S/C14H29N3O2/c1-4-18-11-9-17(10-12-19-5-2)8-6-7-14(3,16)13-15/h4-12,16H2,1-3H3. The number of nitrogens with two attached hydrogens (primary N) is 1. The molecule has 0 aliphatic carbocycles. The number of nitriles is 1. The molecule has 5 heteroatoms. The molecule has 0 aromatic carbocycles. The molecule has 1 unspecified atom stereocenters. The number of hydrogen-bond acceptors (Lipinski definition) is 5. The first-order chi connectivity index (χ1) is 9.05. The third kappa shape index (κ3) is 10.9. The van der Waals surface area contributed by atoms with Crippen molar-refractivity contribution in [2.75, 3.05) is 46.1 Å². The Hall–Kier alpha value is -0.670. The van der Waals surface area contributed by atoms with Crippen LogP contribution in [0.1, 0.15) is 33.6 Å². The van der Waals surface area contributed by atoms with Gasteiger partial charge in [-0.05, 0) is 40.2 Å². The van der Waals surface area contributed by atoms with Crippen molar-refractivity contribution in [3.63, 3.8) is 0 Å². The third-order valence-electron chi connectivity index (χ3n) is 2.94. The molecule has 0 aromatic heterocycles. The van der Waals surface area contributed by atoms with Gasteiger partial charge in [0.05, 0.1) is 19.3 Å². The maximum absolute atomic E-state index is 8.88. The third-order valence-corrected chi connectivity index (χ3v) is 2.94. The fourth-order valence-corrected chi connectivity index (χ4v) is 1.74. The lowest BCUT2D eigenvalue weighted by atomic mass is 9.99. The molecule has 0 heterocycles. The molecule has 0 fully saturated rings. The maximum Gasteiger partial charge on any atom is 0.101 e. The summed E-state index contributed by atoms with van der Waals surface area (Å²) in [4.78, 5) is 2.30. The van der Waals surface area contributed by atoms with Crippen LogP contribution in [0.5, 0.6) is 0 Å². The van der Waals surface area contributed by atoms with Gasteiger partial charge in [0.15, 0.2) is 0 Å².